The molecule has 3 amide bonds. The summed E-state index contributed by atoms with van der Waals surface area (Å²) in [5, 5.41) is 5.16. The zero-order valence-electron chi connectivity index (χ0n) is 21.4. The number of hydrogen-bond donors (Lipinski definition) is 1. The Labute approximate surface area is 238 Å². The lowest BCUT2D eigenvalue weighted by Crippen LogP contribution is -2.65. The van der Waals surface area contributed by atoms with E-state index in [0.717, 1.165) is 30.3 Å². The molecule has 1 aromatic carbocycles. The number of nitrogens with one attached hydrogen (secondary N) is 1. The molecule has 0 bridgehead atoms. The fraction of sp³-hybridized carbons (Fsp3) is 0.393. The first kappa shape index (κ1) is 26.8. The Morgan fingerprint density at radius 2 is 1.90 bits per heavy atom. The van der Waals surface area contributed by atoms with E-state index < -0.39 is 23.4 Å². The van der Waals surface area contributed by atoms with Gasteiger partial charge in [0.1, 0.15) is 11.1 Å². The summed E-state index contributed by atoms with van der Waals surface area (Å²) in [6.45, 7) is 1.21. The Balaban J connectivity index is 1.09. The number of carbonyl (C=O) groups is 3. The van der Waals surface area contributed by atoms with Crippen LogP contribution < -0.4 is 10.2 Å². The number of alkyl halides is 2. The lowest BCUT2D eigenvalue weighted by atomic mass is 9.74. The molecule has 1 saturated heterocycles. The summed E-state index contributed by atoms with van der Waals surface area (Å²) < 4.78 is 26.7. The molecule has 1 spiro atoms. The first-order valence-electron chi connectivity index (χ1n) is 13.1. The summed E-state index contributed by atoms with van der Waals surface area (Å²) >= 11 is 7.18. The third-order valence-electron chi connectivity index (χ3n) is 8.15. The van der Waals surface area contributed by atoms with Gasteiger partial charge in [-0.3, -0.25) is 19.4 Å². The van der Waals surface area contributed by atoms with E-state index in [-0.39, 0.29) is 34.4 Å². The highest BCUT2D eigenvalue weighted by Gasteiger charge is 2.59. The molecule has 4 heterocycles. The minimum Gasteiger partial charge on any atom is -0.349 e. The number of benzene rings is 1. The third kappa shape index (κ3) is 4.64. The van der Waals surface area contributed by atoms with Crippen molar-refractivity contribution < 1.29 is 23.2 Å². The van der Waals surface area contributed by atoms with E-state index in [1.54, 1.807) is 16.5 Å². The van der Waals surface area contributed by atoms with E-state index >= 15 is 0 Å². The van der Waals surface area contributed by atoms with Crippen molar-refractivity contribution >= 4 is 46.3 Å². The van der Waals surface area contributed by atoms with Crippen LogP contribution in [0.15, 0.2) is 48.1 Å². The number of fused-ring (bicyclic) bond motifs is 2. The maximum atomic E-state index is 13.8. The van der Waals surface area contributed by atoms with Crippen LogP contribution in [0, 0.1) is 5.92 Å². The largest absolute Gasteiger partial charge is 0.349 e. The normalized spacial score (nSPS) is 21.4. The Morgan fingerprint density at radius 1 is 1.15 bits per heavy atom. The zero-order chi connectivity index (χ0) is 28.0. The topological polar surface area (TPSA) is 95.5 Å². The van der Waals surface area contributed by atoms with E-state index in [1.807, 2.05) is 29.2 Å². The fourth-order valence-corrected chi connectivity index (χ4v) is 6.87. The van der Waals surface area contributed by atoms with Crippen LogP contribution >= 0.6 is 22.9 Å². The maximum Gasteiger partial charge on any atom is 0.282 e. The molecule has 40 heavy (non-hydrogen) atoms. The van der Waals surface area contributed by atoms with Crippen molar-refractivity contribution in [2.45, 2.75) is 43.6 Å². The number of halogens is 3. The lowest BCUT2D eigenvalue weighted by molar-refractivity contribution is -0.128. The van der Waals surface area contributed by atoms with Crippen LogP contribution in [0.3, 0.4) is 0 Å². The molecule has 3 aromatic rings. The summed E-state index contributed by atoms with van der Waals surface area (Å²) in [6, 6.07) is 8.82. The minimum atomic E-state index is -2.88. The number of likely N-dealkylation sites (tertiary alicyclic amines) is 1. The summed E-state index contributed by atoms with van der Waals surface area (Å²) in [5.74, 6) is -0.529. The van der Waals surface area contributed by atoms with Gasteiger partial charge in [0, 0.05) is 49.1 Å². The number of thiazole rings is 1. The Kier molecular flexibility index (Phi) is 7.03. The number of amides is 3. The van der Waals surface area contributed by atoms with Crippen molar-refractivity contribution in [2.75, 3.05) is 24.5 Å². The predicted molar refractivity (Wildman–Crippen MR) is 146 cm³/mol. The standard InChI is InChI=1S/C28H26ClF2N5O3S/c29-17-11-19(22(23(30)31)33-12-17)24(37)34-18-7-5-16(6-8-18)13-36-21-4-2-1-3-20(21)28(27(36)39)14-35(15-28)26(38)25-32-9-10-40-25/h1-4,9-12,16,18,23H,5-8,13-15H2,(H,34,37)/t16-,18-. The highest BCUT2D eigenvalue weighted by molar-refractivity contribution is 7.11. The number of anilines is 1. The second-order valence-corrected chi connectivity index (χ2v) is 11.9. The number of para-hydroxylation sites is 1. The van der Waals surface area contributed by atoms with E-state index in [4.69, 9.17) is 11.6 Å². The van der Waals surface area contributed by atoms with Crippen LogP contribution in [0.4, 0.5) is 14.5 Å². The number of rotatable bonds is 6. The number of aromatic nitrogens is 2. The summed E-state index contributed by atoms with van der Waals surface area (Å²) in [4.78, 5) is 50.6. The molecule has 6 rings (SSSR count). The number of pyridine rings is 1. The molecule has 12 heteroatoms. The molecule has 2 aliphatic heterocycles. The summed E-state index contributed by atoms with van der Waals surface area (Å²) in [5.41, 5.74) is 0.310. The van der Waals surface area contributed by atoms with Crippen LogP contribution in [0.25, 0.3) is 0 Å². The molecule has 0 atom stereocenters. The Hall–Kier alpha value is -3.44. The zero-order valence-corrected chi connectivity index (χ0v) is 22.9. The minimum absolute atomic E-state index is 0.0142. The maximum absolute atomic E-state index is 13.8. The lowest BCUT2D eigenvalue weighted by Gasteiger charge is -2.46. The van der Waals surface area contributed by atoms with E-state index in [0.29, 0.717) is 37.5 Å². The van der Waals surface area contributed by atoms with Crippen LogP contribution in [0.1, 0.15) is 63.5 Å². The van der Waals surface area contributed by atoms with Crippen molar-refractivity contribution in [1.29, 1.82) is 0 Å². The molecular formula is C28H26ClF2N5O3S. The van der Waals surface area contributed by atoms with Gasteiger partial charge in [-0.05, 0) is 49.3 Å². The highest BCUT2D eigenvalue weighted by Crippen LogP contribution is 2.48. The summed E-state index contributed by atoms with van der Waals surface area (Å²) in [6.07, 6.45) is 2.69. The Morgan fingerprint density at radius 3 is 2.60 bits per heavy atom. The molecule has 2 fully saturated rings. The van der Waals surface area contributed by atoms with Gasteiger partial charge in [-0.15, -0.1) is 11.3 Å². The average molecular weight is 586 g/mol. The van der Waals surface area contributed by atoms with Crippen molar-refractivity contribution in [3.63, 3.8) is 0 Å². The second-order valence-electron chi connectivity index (χ2n) is 10.6. The van der Waals surface area contributed by atoms with Crippen LogP contribution in [0.2, 0.25) is 5.02 Å². The smallest absolute Gasteiger partial charge is 0.282 e. The number of hydrogen-bond acceptors (Lipinski definition) is 6. The van der Waals surface area contributed by atoms with Gasteiger partial charge in [0.05, 0.1) is 10.6 Å². The first-order valence-corrected chi connectivity index (χ1v) is 14.4. The van der Waals surface area contributed by atoms with Gasteiger partial charge in [-0.25, -0.2) is 13.8 Å². The molecule has 2 aromatic heterocycles. The monoisotopic (exact) mass is 585 g/mol. The van der Waals surface area contributed by atoms with Crippen molar-refractivity contribution in [3.8, 4) is 0 Å². The number of carbonyl (C=O) groups excluding carboxylic acids is 3. The molecule has 1 saturated carbocycles. The molecule has 8 nitrogen and oxygen atoms in total. The fourth-order valence-electron chi connectivity index (χ4n) is 6.11. The highest BCUT2D eigenvalue weighted by atomic mass is 35.5. The second kappa shape index (κ2) is 10.5. The van der Waals surface area contributed by atoms with E-state index in [9.17, 15) is 23.2 Å². The molecule has 3 aliphatic rings. The molecule has 0 radical (unpaired) electrons. The quantitative estimate of drug-likeness (QED) is 0.446. The predicted octanol–water partition coefficient (Wildman–Crippen LogP) is 4.86. The van der Waals surface area contributed by atoms with Crippen LogP contribution in [-0.4, -0.2) is 58.3 Å². The van der Waals surface area contributed by atoms with Gasteiger partial charge >= 0.3 is 0 Å². The number of nitrogens with zero attached hydrogens (tertiary/aromatic N) is 4. The van der Waals surface area contributed by atoms with E-state index in [1.165, 1.54) is 17.4 Å². The van der Waals surface area contributed by atoms with Crippen LogP contribution in [0.5, 0.6) is 0 Å². The van der Waals surface area contributed by atoms with Gasteiger partial charge < -0.3 is 15.1 Å². The first-order chi connectivity index (χ1) is 19.3. The molecule has 0 unspecified atom stereocenters. The van der Waals surface area contributed by atoms with Gasteiger partial charge in [-0.1, -0.05) is 29.8 Å². The van der Waals surface area contributed by atoms with Crippen LogP contribution in [-0.2, 0) is 10.2 Å². The summed E-state index contributed by atoms with van der Waals surface area (Å²) in [7, 11) is 0. The van der Waals surface area contributed by atoms with Gasteiger partial charge in [0.2, 0.25) is 5.91 Å². The molecule has 1 N–H and O–H groups in total. The van der Waals surface area contributed by atoms with Crippen molar-refractivity contribution in [2.24, 2.45) is 5.92 Å². The van der Waals surface area contributed by atoms with E-state index in [2.05, 4.69) is 15.3 Å². The van der Waals surface area contributed by atoms with Gasteiger partial charge in [-0.2, -0.15) is 0 Å². The molecule has 208 valence electrons. The molecular weight excluding hydrogens is 560 g/mol. The van der Waals surface area contributed by atoms with Gasteiger partial charge in [0.25, 0.3) is 18.2 Å². The SMILES string of the molecule is O=C(N[C@H]1CC[C@H](CN2C(=O)C3(CN(C(=O)c4nccs4)C3)c3ccccc32)CC1)c1cc(Cl)cnc1C(F)F. The molecule has 1 aliphatic carbocycles. The van der Waals surface area contributed by atoms with Gasteiger partial charge in [0.15, 0.2) is 5.01 Å². The Bertz CT molecular complexity index is 1460. The van der Waals surface area contributed by atoms with Crippen molar-refractivity contribution in [1.82, 2.24) is 20.2 Å². The average Bonchev–Trinajstić information content (AvgIpc) is 3.54. The third-order valence-corrected chi connectivity index (χ3v) is 9.12. The van der Waals surface area contributed by atoms with Crippen molar-refractivity contribution in [3.05, 3.63) is 75.0 Å².